The lowest BCUT2D eigenvalue weighted by Crippen LogP contribution is -2.40. The monoisotopic (exact) mass is 488 g/mol. The molecule has 27 heavy (non-hydrogen) atoms. The molecular weight excluding hydrogens is 459 g/mol. The van der Waals surface area contributed by atoms with Crippen LogP contribution in [0.3, 0.4) is 0 Å². The smallest absolute Gasteiger partial charge is 0.310 e. The zero-order valence-corrected chi connectivity index (χ0v) is 18.5. The number of esters is 1. The van der Waals surface area contributed by atoms with Gasteiger partial charge in [-0.05, 0) is 36.3 Å². The predicted octanol–water partition coefficient (Wildman–Crippen LogP) is 2.30. The average molecular weight is 488 g/mol. The molecule has 2 fully saturated rings. The summed E-state index contributed by atoms with van der Waals surface area (Å²) >= 11 is 0. The Morgan fingerprint density at radius 1 is 1.41 bits per heavy atom. The molecule has 1 N–H and O–H groups in total. The van der Waals surface area contributed by atoms with Crippen LogP contribution in [-0.2, 0) is 16.1 Å². The Morgan fingerprint density at radius 2 is 2.19 bits per heavy atom. The maximum atomic E-state index is 11.9. The van der Waals surface area contributed by atoms with Crippen LogP contribution in [0.4, 0.5) is 0 Å². The van der Waals surface area contributed by atoms with Crippen molar-refractivity contribution >= 4 is 35.9 Å². The van der Waals surface area contributed by atoms with Gasteiger partial charge < -0.3 is 19.7 Å². The van der Waals surface area contributed by atoms with Gasteiger partial charge in [0.05, 0.1) is 19.6 Å². The highest BCUT2D eigenvalue weighted by atomic mass is 127. The van der Waals surface area contributed by atoms with Crippen LogP contribution in [-0.4, -0.2) is 55.7 Å². The standard InChI is InChI=1S/C19H28N4O3.HI/c1-13-10-23(11-16(13)18(24)25-3)19(20-2)22-9-15-6-7-21-17(8-15)26-12-14-4-5-14;/h6-8,13-14,16H,4-5,9-12H2,1-3H3,(H,20,22);1H. The summed E-state index contributed by atoms with van der Waals surface area (Å²) < 4.78 is 10.6. The zero-order valence-electron chi connectivity index (χ0n) is 16.2. The molecule has 0 bridgehead atoms. The van der Waals surface area contributed by atoms with Crippen molar-refractivity contribution < 1.29 is 14.3 Å². The van der Waals surface area contributed by atoms with Crippen LogP contribution < -0.4 is 10.1 Å². The van der Waals surface area contributed by atoms with Crippen molar-refractivity contribution in [2.75, 3.05) is 33.9 Å². The number of methoxy groups -OCH3 is 1. The molecule has 7 nitrogen and oxygen atoms in total. The number of halogens is 1. The van der Waals surface area contributed by atoms with Crippen LogP contribution in [0.15, 0.2) is 23.3 Å². The molecule has 0 spiro atoms. The molecule has 1 aliphatic carbocycles. The molecule has 1 saturated heterocycles. The van der Waals surface area contributed by atoms with Gasteiger partial charge in [-0.25, -0.2) is 4.98 Å². The molecule has 0 aromatic carbocycles. The number of nitrogens with zero attached hydrogens (tertiary/aromatic N) is 3. The Kier molecular flexibility index (Phi) is 8.12. The summed E-state index contributed by atoms with van der Waals surface area (Å²) in [4.78, 5) is 22.6. The van der Waals surface area contributed by atoms with Gasteiger partial charge in [-0.15, -0.1) is 24.0 Å². The van der Waals surface area contributed by atoms with E-state index in [1.54, 1.807) is 13.2 Å². The number of ether oxygens (including phenoxy) is 2. The van der Waals surface area contributed by atoms with Crippen molar-refractivity contribution in [1.82, 2.24) is 15.2 Å². The molecule has 2 atom stereocenters. The first kappa shape index (κ1) is 21.7. The lowest BCUT2D eigenvalue weighted by Gasteiger charge is -2.21. The summed E-state index contributed by atoms with van der Waals surface area (Å²) in [6, 6.07) is 3.93. The highest BCUT2D eigenvalue weighted by molar-refractivity contribution is 14.0. The van der Waals surface area contributed by atoms with Crippen molar-refractivity contribution in [3.05, 3.63) is 23.9 Å². The Hall–Kier alpha value is -1.58. The van der Waals surface area contributed by atoms with Crippen LogP contribution in [0.1, 0.15) is 25.3 Å². The topological polar surface area (TPSA) is 76.1 Å². The zero-order chi connectivity index (χ0) is 18.5. The normalized spacial score (nSPS) is 22.2. The first-order valence-electron chi connectivity index (χ1n) is 9.22. The van der Waals surface area contributed by atoms with E-state index >= 15 is 0 Å². The second-order valence-corrected chi connectivity index (χ2v) is 7.17. The number of carbonyl (C=O) groups is 1. The number of carbonyl (C=O) groups excluding carboxylic acids is 1. The van der Waals surface area contributed by atoms with Gasteiger partial charge in [0, 0.05) is 38.9 Å². The van der Waals surface area contributed by atoms with Crippen LogP contribution in [0.2, 0.25) is 0 Å². The molecule has 2 unspecified atom stereocenters. The van der Waals surface area contributed by atoms with Gasteiger partial charge >= 0.3 is 5.97 Å². The average Bonchev–Trinajstić information content (AvgIpc) is 3.41. The summed E-state index contributed by atoms with van der Waals surface area (Å²) in [5.74, 6) is 2.15. The number of likely N-dealkylation sites (tertiary alicyclic amines) is 1. The number of aromatic nitrogens is 1. The molecule has 150 valence electrons. The second-order valence-electron chi connectivity index (χ2n) is 7.17. The number of guanidine groups is 1. The van der Waals surface area contributed by atoms with E-state index in [4.69, 9.17) is 9.47 Å². The first-order chi connectivity index (χ1) is 12.6. The van der Waals surface area contributed by atoms with Gasteiger partial charge in [-0.3, -0.25) is 9.79 Å². The predicted molar refractivity (Wildman–Crippen MR) is 114 cm³/mol. The molecule has 1 aromatic heterocycles. The molecule has 0 radical (unpaired) electrons. The fourth-order valence-corrected chi connectivity index (χ4v) is 3.24. The van der Waals surface area contributed by atoms with E-state index in [2.05, 4.69) is 27.1 Å². The summed E-state index contributed by atoms with van der Waals surface area (Å²) in [7, 11) is 3.20. The molecule has 1 aliphatic heterocycles. The quantitative estimate of drug-likeness (QED) is 0.287. The minimum absolute atomic E-state index is 0. The van der Waals surface area contributed by atoms with Crippen molar-refractivity contribution in [2.24, 2.45) is 22.7 Å². The minimum Gasteiger partial charge on any atom is -0.477 e. The Bertz CT molecular complexity index is 666. The molecule has 3 rings (SSSR count). The number of rotatable bonds is 6. The number of hydrogen-bond donors (Lipinski definition) is 1. The number of pyridine rings is 1. The summed E-state index contributed by atoms with van der Waals surface area (Å²) in [6.45, 7) is 4.86. The first-order valence-corrected chi connectivity index (χ1v) is 9.22. The fourth-order valence-electron chi connectivity index (χ4n) is 3.24. The van der Waals surface area contributed by atoms with Gasteiger partial charge in [0.15, 0.2) is 5.96 Å². The van der Waals surface area contributed by atoms with E-state index < -0.39 is 0 Å². The maximum Gasteiger partial charge on any atom is 0.310 e. The van der Waals surface area contributed by atoms with E-state index in [0.717, 1.165) is 24.7 Å². The third kappa shape index (κ3) is 5.95. The van der Waals surface area contributed by atoms with E-state index in [-0.39, 0.29) is 41.8 Å². The lowest BCUT2D eigenvalue weighted by molar-refractivity contribution is -0.145. The Balaban J connectivity index is 0.00000261. The van der Waals surface area contributed by atoms with Gasteiger partial charge in [0.2, 0.25) is 5.88 Å². The highest BCUT2D eigenvalue weighted by Crippen LogP contribution is 2.29. The third-order valence-corrected chi connectivity index (χ3v) is 5.04. The fraction of sp³-hybridized carbons (Fsp3) is 0.632. The van der Waals surface area contributed by atoms with Crippen molar-refractivity contribution in [2.45, 2.75) is 26.3 Å². The number of aliphatic imine (C=N–C) groups is 1. The number of nitrogens with one attached hydrogen (secondary N) is 1. The summed E-state index contributed by atoms with van der Waals surface area (Å²) in [6.07, 6.45) is 4.30. The molecule has 0 amide bonds. The minimum atomic E-state index is -0.151. The van der Waals surface area contributed by atoms with E-state index in [1.807, 2.05) is 12.1 Å². The maximum absolute atomic E-state index is 11.9. The lowest BCUT2D eigenvalue weighted by atomic mass is 9.99. The van der Waals surface area contributed by atoms with Gasteiger partial charge in [0.25, 0.3) is 0 Å². The summed E-state index contributed by atoms with van der Waals surface area (Å²) in [5.41, 5.74) is 1.09. The van der Waals surface area contributed by atoms with Crippen LogP contribution in [0.25, 0.3) is 0 Å². The molecule has 2 heterocycles. The van der Waals surface area contributed by atoms with Gasteiger partial charge in [-0.2, -0.15) is 0 Å². The van der Waals surface area contributed by atoms with E-state index in [0.29, 0.717) is 24.9 Å². The van der Waals surface area contributed by atoms with Gasteiger partial charge in [-0.1, -0.05) is 6.92 Å². The van der Waals surface area contributed by atoms with E-state index in [1.165, 1.54) is 20.0 Å². The largest absolute Gasteiger partial charge is 0.477 e. The van der Waals surface area contributed by atoms with E-state index in [9.17, 15) is 4.79 Å². The second kappa shape index (κ2) is 10.1. The molecule has 2 aliphatic rings. The van der Waals surface area contributed by atoms with Crippen LogP contribution >= 0.6 is 24.0 Å². The van der Waals surface area contributed by atoms with Crippen LogP contribution in [0.5, 0.6) is 5.88 Å². The number of hydrogen-bond acceptors (Lipinski definition) is 5. The highest BCUT2D eigenvalue weighted by Gasteiger charge is 2.36. The Morgan fingerprint density at radius 3 is 2.85 bits per heavy atom. The van der Waals surface area contributed by atoms with Crippen molar-refractivity contribution in [1.29, 1.82) is 0 Å². The van der Waals surface area contributed by atoms with Crippen molar-refractivity contribution in [3.63, 3.8) is 0 Å². The molecule has 1 saturated carbocycles. The summed E-state index contributed by atoms with van der Waals surface area (Å²) in [5, 5.41) is 3.37. The SMILES string of the molecule is CN=C(NCc1ccnc(OCC2CC2)c1)N1CC(C)C(C(=O)OC)C1.I. The Labute approximate surface area is 177 Å². The van der Waals surface area contributed by atoms with Crippen LogP contribution in [0, 0.1) is 17.8 Å². The molecule has 1 aromatic rings. The molecule has 8 heteroatoms. The van der Waals surface area contributed by atoms with Crippen molar-refractivity contribution in [3.8, 4) is 5.88 Å². The molecular formula is C19H29IN4O3. The third-order valence-electron chi connectivity index (χ3n) is 5.04. The van der Waals surface area contributed by atoms with Gasteiger partial charge in [0.1, 0.15) is 0 Å².